The number of hydrogen-bond acceptors (Lipinski definition) is 3. The molecule has 0 aliphatic carbocycles. The second-order valence-electron chi connectivity index (χ2n) is 7.04. The predicted molar refractivity (Wildman–Crippen MR) is 110 cm³/mol. The van der Waals surface area contributed by atoms with Crippen LogP contribution in [0.25, 0.3) is 0 Å². The van der Waals surface area contributed by atoms with Crippen molar-refractivity contribution in [3.8, 4) is 5.75 Å². The molecule has 0 saturated heterocycles. The second-order valence-corrected chi connectivity index (χ2v) is 8.40. The Bertz CT molecular complexity index is 858. The molecule has 0 aromatic heterocycles. The van der Waals surface area contributed by atoms with Gasteiger partial charge >= 0.3 is 0 Å². The molecule has 2 aromatic carbocycles. The van der Waals surface area contributed by atoms with Crippen LogP contribution in [0.2, 0.25) is 5.02 Å². The van der Waals surface area contributed by atoms with Gasteiger partial charge in [0.1, 0.15) is 5.75 Å². The van der Waals surface area contributed by atoms with E-state index in [1.807, 2.05) is 20.8 Å². The monoisotopic (exact) mass is 452 g/mol. The second kappa shape index (κ2) is 8.31. The van der Waals surface area contributed by atoms with E-state index < -0.39 is 11.4 Å². The van der Waals surface area contributed by atoms with Gasteiger partial charge in [-0.1, -0.05) is 33.6 Å². The van der Waals surface area contributed by atoms with E-state index in [9.17, 15) is 9.59 Å². The zero-order chi connectivity index (χ0) is 20.4. The minimum atomic E-state index is -0.658. The van der Waals surface area contributed by atoms with Crippen LogP contribution in [0.15, 0.2) is 40.9 Å². The Balaban J connectivity index is 2.38. The van der Waals surface area contributed by atoms with Gasteiger partial charge in [-0.15, -0.1) is 0 Å². The molecule has 0 unspecified atom stereocenters. The van der Waals surface area contributed by atoms with Crippen LogP contribution in [-0.2, 0) is 0 Å². The van der Waals surface area contributed by atoms with Gasteiger partial charge in [-0.05, 0) is 58.0 Å². The summed E-state index contributed by atoms with van der Waals surface area (Å²) in [6.45, 7) is 7.31. The summed E-state index contributed by atoms with van der Waals surface area (Å²) in [5.74, 6) is -0.148. The molecule has 0 atom stereocenters. The molecule has 2 rings (SSSR count). The molecule has 7 heteroatoms. The van der Waals surface area contributed by atoms with Gasteiger partial charge in [0.15, 0.2) is 0 Å². The van der Waals surface area contributed by atoms with E-state index in [0.29, 0.717) is 31.9 Å². The van der Waals surface area contributed by atoms with Crippen LogP contribution in [0.4, 0.5) is 0 Å². The normalized spacial score (nSPS) is 11.1. The Morgan fingerprint density at radius 1 is 1.19 bits per heavy atom. The number of halogens is 2. The molecule has 0 heterocycles. The number of amides is 2. The van der Waals surface area contributed by atoms with Gasteiger partial charge in [-0.25, -0.2) is 5.01 Å². The quantitative estimate of drug-likeness (QED) is 0.665. The molecular formula is C20H22BrClN2O3. The molecule has 2 aromatic rings. The Hall–Kier alpha value is -2.05. The molecule has 144 valence electrons. The maximum atomic E-state index is 13.1. The fourth-order valence-electron chi connectivity index (χ4n) is 2.57. The van der Waals surface area contributed by atoms with Crippen molar-refractivity contribution >= 4 is 39.3 Å². The van der Waals surface area contributed by atoms with Crippen molar-refractivity contribution in [1.29, 1.82) is 0 Å². The van der Waals surface area contributed by atoms with Crippen LogP contribution in [0.1, 0.15) is 47.1 Å². The SMILES string of the molecule is COc1cccc(C(=O)NN(C(=O)c2cc(Cl)cc(Br)c2)C(C)(C)C)c1C. The molecule has 2 amide bonds. The first-order chi connectivity index (χ1) is 12.5. The van der Waals surface area contributed by atoms with Crippen molar-refractivity contribution in [2.24, 2.45) is 0 Å². The van der Waals surface area contributed by atoms with Crippen molar-refractivity contribution in [3.05, 3.63) is 62.6 Å². The summed E-state index contributed by atoms with van der Waals surface area (Å²) in [6.07, 6.45) is 0. The Morgan fingerprint density at radius 2 is 1.85 bits per heavy atom. The van der Waals surface area contributed by atoms with E-state index in [1.54, 1.807) is 50.4 Å². The molecule has 5 nitrogen and oxygen atoms in total. The number of methoxy groups -OCH3 is 1. The fraction of sp³-hybridized carbons (Fsp3) is 0.300. The molecule has 0 fully saturated rings. The van der Waals surface area contributed by atoms with E-state index >= 15 is 0 Å². The van der Waals surface area contributed by atoms with Crippen LogP contribution < -0.4 is 10.2 Å². The van der Waals surface area contributed by atoms with Crippen LogP contribution in [0.3, 0.4) is 0 Å². The molecule has 1 N–H and O–H groups in total. The zero-order valence-electron chi connectivity index (χ0n) is 15.9. The number of carbonyl (C=O) groups excluding carboxylic acids is 2. The van der Waals surface area contributed by atoms with Gasteiger partial charge < -0.3 is 4.74 Å². The Kier molecular flexibility index (Phi) is 6.54. The number of nitrogens with one attached hydrogen (secondary N) is 1. The summed E-state index contributed by atoms with van der Waals surface area (Å²) in [4.78, 5) is 25.9. The molecule has 0 radical (unpaired) electrons. The molecule has 0 bridgehead atoms. The highest BCUT2D eigenvalue weighted by Gasteiger charge is 2.30. The predicted octanol–water partition coefficient (Wildman–Crippen LogP) is 5.01. The van der Waals surface area contributed by atoms with Gasteiger partial charge in [0.05, 0.1) is 12.6 Å². The lowest BCUT2D eigenvalue weighted by Crippen LogP contribution is -2.56. The number of benzene rings is 2. The number of carbonyl (C=O) groups is 2. The van der Waals surface area contributed by atoms with Gasteiger partial charge in [-0.3, -0.25) is 15.0 Å². The first-order valence-corrected chi connectivity index (χ1v) is 9.47. The van der Waals surface area contributed by atoms with Gasteiger partial charge in [-0.2, -0.15) is 0 Å². The largest absolute Gasteiger partial charge is 0.496 e. The zero-order valence-corrected chi connectivity index (χ0v) is 18.2. The van der Waals surface area contributed by atoms with E-state index in [0.717, 1.165) is 0 Å². The van der Waals surface area contributed by atoms with Gasteiger partial charge in [0.25, 0.3) is 11.8 Å². The fourth-order valence-corrected chi connectivity index (χ4v) is 3.43. The van der Waals surface area contributed by atoms with E-state index in [-0.39, 0.29) is 5.91 Å². The maximum Gasteiger partial charge on any atom is 0.272 e. The van der Waals surface area contributed by atoms with Crippen LogP contribution in [0.5, 0.6) is 5.75 Å². The molecule has 0 saturated carbocycles. The van der Waals surface area contributed by atoms with Crippen molar-refractivity contribution in [1.82, 2.24) is 10.4 Å². The Labute approximate surface area is 172 Å². The average Bonchev–Trinajstić information content (AvgIpc) is 2.57. The highest BCUT2D eigenvalue weighted by molar-refractivity contribution is 9.10. The third kappa shape index (κ3) is 5.02. The average molecular weight is 454 g/mol. The van der Waals surface area contributed by atoms with E-state index in [4.69, 9.17) is 16.3 Å². The van der Waals surface area contributed by atoms with Crippen molar-refractivity contribution < 1.29 is 14.3 Å². The molecule has 0 aliphatic rings. The summed E-state index contributed by atoms with van der Waals surface area (Å²) < 4.78 is 5.95. The first-order valence-electron chi connectivity index (χ1n) is 8.30. The minimum absolute atomic E-state index is 0.361. The van der Waals surface area contributed by atoms with Crippen molar-refractivity contribution in [3.63, 3.8) is 0 Å². The maximum absolute atomic E-state index is 13.1. The summed E-state index contributed by atoms with van der Waals surface area (Å²) in [5, 5.41) is 1.74. The number of nitrogens with zero attached hydrogens (tertiary/aromatic N) is 1. The number of hydrazine groups is 1. The molecule has 0 spiro atoms. The standard InChI is InChI=1S/C20H22BrClN2O3/c1-12-16(7-6-8-17(12)27-5)18(25)23-24(20(2,3)4)19(26)13-9-14(21)11-15(22)10-13/h6-11H,1-5H3,(H,23,25). The minimum Gasteiger partial charge on any atom is -0.496 e. The third-order valence-corrected chi connectivity index (χ3v) is 4.62. The molecular weight excluding hydrogens is 432 g/mol. The number of rotatable bonds is 3. The lowest BCUT2D eigenvalue weighted by atomic mass is 10.1. The highest BCUT2D eigenvalue weighted by Crippen LogP contribution is 2.24. The van der Waals surface area contributed by atoms with Gasteiger partial charge in [0, 0.05) is 26.2 Å². The molecule has 0 aliphatic heterocycles. The van der Waals surface area contributed by atoms with Crippen molar-refractivity contribution in [2.45, 2.75) is 33.2 Å². The van der Waals surface area contributed by atoms with Crippen LogP contribution in [-0.4, -0.2) is 29.5 Å². The van der Waals surface area contributed by atoms with Crippen LogP contribution in [0, 0.1) is 6.92 Å². The summed E-state index contributed by atoms with van der Waals surface area (Å²) in [6, 6.07) is 10.1. The lowest BCUT2D eigenvalue weighted by molar-refractivity contribution is 0.0358. The number of ether oxygens (including phenoxy) is 1. The first kappa shape index (κ1) is 21.3. The smallest absolute Gasteiger partial charge is 0.272 e. The number of hydrogen-bond donors (Lipinski definition) is 1. The van der Waals surface area contributed by atoms with E-state index in [1.165, 1.54) is 5.01 Å². The van der Waals surface area contributed by atoms with Crippen molar-refractivity contribution in [2.75, 3.05) is 7.11 Å². The van der Waals surface area contributed by atoms with Crippen LogP contribution >= 0.6 is 27.5 Å². The van der Waals surface area contributed by atoms with E-state index in [2.05, 4.69) is 21.4 Å². The lowest BCUT2D eigenvalue weighted by Gasteiger charge is -2.35. The molecule has 27 heavy (non-hydrogen) atoms. The third-order valence-electron chi connectivity index (χ3n) is 3.95. The highest BCUT2D eigenvalue weighted by atomic mass is 79.9. The topological polar surface area (TPSA) is 58.6 Å². The summed E-state index contributed by atoms with van der Waals surface area (Å²) in [5.41, 5.74) is 3.58. The summed E-state index contributed by atoms with van der Waals surface area (Å²) >= 11 is 9.40. The van der Waals surface area contributed by atoms with Gasteiger partial charge in [0.2, 0.25) is 0 Å². The summed E-state index contributed by atoms with van der Waals surface area (Å²) in [7, 11) is 1.55. The Morgan fingerprint density at radius 3 is 2.41 bits per heavy atom.